The van der Waals surface area contributed by atoms with Crippen LogP contribution in [-0.4, -0.2) is 27.2 Å². The Morgan fingerprint density at radius 2 is 2.00 bits per heavy atom. The van der Waals surface area contributed by atoms with Crippen LogP contribution in [-0.2, 0) is 0 Å². The zero-order chi connectivity index (χ0) is 14.0. The Balaban J connectivity index is 1.74. The second kappa shape index (κ2) is 5.37. The molecule has 1 aromatic carbocycles. The lowest BCUT2D eigenvalue weighted by Crippen LogP contribution is -2.40. The Bertz CT molecular complexity index is 586. The van der Waals surface area contributed by atoms with Crippen molar-refractivity contribution in [2.24, 2.45) is 5.92 Å². The molecule has 0 atom stereocenters. The monoisotopic (exact) mass is 271 g/mol. The number of benzene rings is 1. The highest BCUT2D eigenvalue weighted by molar-refractivity contribution is 5.88. The third-order valence-corrected chi connectivity index (χ3v) is 4.33. The molecule has 0 bridgehead atoms. The Hall–Kier alpha value is -1.68. The number of anilines is 1. The molecule has 0 radical (unpaired) electrons. The van der Waals surface area contributed by atoms with Crippen molar-refractivity contribution in [2.75, 3.05) is 11.9 Å². The van der Waals surface area contributed by atoms with Crippen LogP contribution in [0.3, 0.4) is 0 Å². The molecule has 2 aromatic rings. The maximum Gasteiger partial charge on any atom is 0.137 e. The minimum atomic E-state index is -0.599. The maximum absolute atomic E-state index is 10.6. The van der Waals surface area contributed by atoms with Gasteiger partial charge in [-0.2, -0.15) is 0 Å². The van der Waals surface area contributed by atoms with Crippen LogP contribution < -0.4 is 5.32 Å². The molecule has 0 spiro atoms. The quantitative estimate of drug-likeness (QED) is 0.901. The molecule has 3 rings (SSSR count). The van der Waals surface area contributed by atoms with Crippen molar-refractivity contribution >= 4 is 16.7 Å². The van der Waals surface area contributed by atoms with Crippen molar-refractivity contribution in [3.63, 3.8) is 0 Å². The molecular formula is C16H21N3O. The van der Waals surface area contributed by atoms with Crippen LogP contribution in [0.1, 0.15) is 32.6 Å². The van der Waals surface area contributed by atoms with Gasteiger partial charge >= 0.3 is 0 Å². The van der Waals surface area contributed by atoms with E-state index in [2.05, 4.69) is 22.2 Å². The van der Waals surface area contributed by atoms with Gasteiger partial charge in [0.15, 0.2) is 0 Å². The molecule has 0 unspecified atom stereocenters. The number of hydrogen-bond acceptors (Lipinski definition) is 4. The summed E-state index contributed by atoms with van der Waals surface area (Å²) in [5, 5.41) is 14.9. The summed E-state index contributed by atoms with van der Waals surface area (Å²) in [5.74, 6) is 1.54. The predicted octanol–water partition coefficient (Wildman–Crippen LogP) is 2.98. The van der Waals surface area contributed by atoms with Crippen LogP contribution in [0.15, 0.2) is 30.6 Å². The third-order valence-electron chi connectivity index (χ3n) is 4.33. The van der Waals surface area contributed by atoms with Crippen LogP contribution in [0.4, 0.5) is 5.82 Å². The van der Waals surface area contributed by atoms with E-state index < -0.39 is 5.60 Å². The number of para-hydroxylation sites is 1. The summed E-state index contributed by atoms with van der Waals surface area (Å²) in [5.41, 5.74) is 0.327. The fraction of sp³-hybridized carbons (Fsp3) is 0.500. The van der Waals surface area contributed by atoms with E-state index in [0.717, 1.165) is 48.3 Å². The highest BCUT2D eigenvalue weighted by Crippen LogP contribution is 2.32. The van der Waals surface area contributed by atoms with Crippen molar-refractivity contribution in [2.45, 2.75) is 38.2 Å². The number of fused-ring (bicyclic) bond motifs is 1. The van der Waals surface area contributed by atoms with Crippen LogP contribution in [0, 0.1) is 5.92 Å². The van der Waals surface area contributed by atoms with Crippen LogP contribution in [0.25, 0.3) is 10.9 Å². The molecule has 20 heavy (non-hydrogen) atoms. The molecular weight excluding hydrogens is 250 g/mol. The van der Waals surface area contributed by atoms with Gasteiger partial charge in [0.1, 0.15) is 12.1 Å². The number of nitrogens with zero attached hydrogens (tertiary/aromatic N) is 2. The normalized spacial score (nSPS) is 26.6. The SMILES string of the molecule is CC1CCC(O)(CNc2ncnc3ccccc23)CC1. The molecule has 1 aliphatic rings. The summed E-state index contributed by atoms with van der Waals surface area (Å²) in [4.78, 5) is 8.55. The molecule has 0 aliphatic heterocycles. The van der Waals surface area contributed by atoms with Gasteiger partial charge in [-0.05, 0) is 43.7 Å². The summed E-state index contributed by atoms with van der Waals surface area (Å²) in [7, 11) is 0. The number of hydrogen-bond donors (Lipinski definition) is 2. The van der Waals surface area contributed by atoms with Gasteiger partial charge in [-0.1, -0.05) is 19.1 Å². The van der Waals surface area contributed by atoms with E-state index in [4.69, 9.17) is 0 Å². The van der Waals surface area contributed by atoms with E-state index in [1.807, 2.05) is 24.3 Å². The van der Waals surface area contributed by atoms with Gasteiger partial charge in [0.2, 0.25) is 0 Å². The van der Waals surface area contributed by atoms with Gasteiger partial charge < -0.3 is 10.4 Å². The smallest absolute Gasteiger partial charge is 0.137 e. The molecule has 0 amide bonds. The van der Waals surface area contributed by atoms with E-state index in [9.17, 15) is 5.11 Å². The van der Waals surface area contributed by atoms with Crippen LogP contribution in [0.5, 0.6) is 0 Å². The fourth-order valence-electron chi connectivity index (χ4n) is 2.87. The molecule has 106 valence electrons. The van der Waals surface area contributed by atoms with Crippen LogP contribution in [0.2, 0.25) is 0 Å². The van der Waals surface area contributed by atoms with E-state index >= 15 is 0 Å². The second-order valence-corrected chi connectivity index (χ2v) is 6.00. The lowest BCUT2D eigenvalue weighted by Gasteiger charge is -2.35. The average Bonchev–Trinajstić information content (AvgIpc) is 2.49. The van der Waals surface area contributed by atoms with E-state index in [-0.39, 0.29) is 0 Å². The van der Waals surface area contributed by atoms with E-state index in [1.54, 1.807) is 6.33 Å². The van der Waals surface area contributed by atoms with Crippen molar-refractivity contribution in [3.8, 4) is 0 Å². The summed E-state index contributed by atoms with van der Waals surface area (Å²) >= 11 is 0. The molecule has 0 saturated heterocycles. The Labute approximate surface area is 119 Å². The average molecular weight is 271 g/mol. The van der Waals surface area contributed by atoms with Crippen molar-refractivity contribution in [3.05, 3.63) is 30.6 Å². The first-order valence-electron chi connectivity index (χ1n) is 7.32. The first-order valence-corrected chi connectivity index (χ1v) is 7.32. The standard InChI is InChI=1S/C16H21N3O/c1-12-6-8-16(20,9-7-12)10-17-15-13-4-2-3-5-14(13)18-11-19-15/h2-5,11-12,20H,6-10H2,1H3,(H,17,18,19). The lowest BCUT2D eigenvalue weighted by atomic mass is 9.79. The van der Waals surface area contributed by atoms with Gasteiger partial charge in [-0.3, -0.25) is 0 Å². The van der Waals surface area contributed by atoms with Gasteiger partial charge in [-0.15, -0.1) is 0 Å². The minimum absolute atomic E-state index is 0.556. The lowest BCUT2D eigenvalue weighted by molar-refractivity contribution is 0.00497. The third kappa shape index (κ3) is 2.75. The van der Waals surface area contributed by atoms with E-state index in [1.165, 1.54) is 0 Å². The molecule has 1 saturated carbocycles. The Morgan fingerprint density at radius 1 is 1.25 bits per heavy atom. The fourth-order valence-corrected chi connectivity index (χ4v) is 2.87. The number of aromatic nitrogens is 2. The zero-order valence-corrected chi connectivity index (χ0v) is 11.8. The Kier molecular flexibility index (Phi) is 3.57. The minimum Gasteiger partial charge on any atom is -0.388 e. The van der Waals surface area contributed by atoms with Gasteiger partial charge in [0.25, 0.3) is 0 Å². The van der Waals surface area contributed by atoms with Gasteiger partial charge in [0, 0.05) is 11.9 Å². The first kappa shape index (κ1) is 13.3. The first-order chi connectivity index (χ1) is 9.66. The molecule has 1 aromatic heterocycles. The van der Waals surface area contributed by atoms with Crippen molar-refractivity contribution in [1.82, 2.24) is 9.97 Å². The maximum atomic E-state index is 10.6. The summed E-state index contributed by atoms with van der Waals surface area (Å²) in [6.07, 6.45) is 5.50. The topological polar surface area (TPSA) is 58.0 Å². The number of nitrogens with one attached hydrogen (secondary N) is 1. The molecule has 4 heteroatoms. The molecule has 1 aliphatic carbocycles. The largest absolute Gasteiger partial charge is 0.388 e. The highest BCUT2D eigenvalue weighted by Gasteiger charge is 2.31. The summed E-state index contributed by atoms with van der Waals surface area (Å²) in [6, 6.07) is 7.92. The number of rotatable bonds is 3. The summed E-state index contributed by atoms with van der Waals surface area (Å²) < 4.78 is 0. The van der Waals surface area contributed by atoms with Crippen molar-refractivity contribution < 1.29 is 5.11 Å². The second-order valence-electron chi connectivity index (χ2n) is 6.00. The number of aliphatic hydroxyl groups is 1. The molecule has 4 nitrogen and oxygen atoms in total. The summed E-state index contributed by atoms with van der Waals surface area (Å²) in [6.45, 7) is 2.81. The Morgan fingerprint density at radius 3 is 2.80 bits per heavy atom. The predicted molar refractivity (Wildman–Crippen MR) is 80.6 cm³/mol. The molecule has 2 N–H and O–H groups in total. The van der Waals surface area contributed by atoms with Crippen molar-refractivity contribution in [1.29, 1.82) is 0 Å². The zero-order valence-electron chi connectivity index (χ0n) is 11.8. The van der Waals surface area contributed by atoms with Crippen LogP contribution >= 0.6 is 0 Å². The van der Waals surface area contributed by atoms with E-state index in [0.29, 0.717) is 6.54 Å². The molecule has 1 heterocycles. The molecule has 1 fully saturated rings. The van der Waals surface area contributed by atoms with Gasteiger partial charge in [-0.25, -0.2) is 9.97 Å². The van der Waals surface area contributed by atoms with Gasteiger partial charge in [0.05, 0.1) is 11.1 Å². The highest BCUT2D eigenvalue weighted by atomic mass is 16.3.